The summed E-state index contributed by atoms with van der Waals surface area (Å²) in [4.78, 5) is 30.8. The number of amides is 2. The van der Waals surface area contributed by atoms with Crippen LogP contribution in [-0.2, 0) is 9.59 Å². The highest BCUT2D eigenvalue weighted by Crippen LogP contribution is 2.47. The maximum Gasteiger partial charge on any atom is 0.248 e. The van der Waals surface area contributed by atoms with Crippen LogP contribution >= 0.6 is 23.1 Å². The predicted octanol–water partition coefficient (Wildman–Crippen LogP) is 3.00. The summed E-state index contributed by atoms with van der Waals surface area (Å²) in [6.07, 6.45) is 1.37. The van der Waals surface area contributed by atoms with Crippen molar-refractivity contribution in [3.05, 3.63) is 23.2 Å². The first-order valence-corrected chi connectivity index (χ1v) is 9.41. The second kappa shape index (κ2) is 5.21. The Morgan fingerprint density at radius 3 is 3.13 bits per heavy atom. The van der Waals surface area contributed by atoms with Crippen LogP contribution in [0.4, 0.5) is 5.69 Å². The first-order valence-electron chi connectivity index (χ1n) is 7.60. The third kappa shape index (κ3) is 2.42. The zero-order valence-corrected chi connectivity index (χ0v) is 14.6. The fourth-order valence-electron chi connectivity index (χ4n) is 3.36. The molecule has 0 radical (unpaired) electrons. The molecule has 4 rings (SSSR count). The maximum absolute atomic E-state index is 12.7. The van der Waals surface area contributed by atoms with Crippen LogP contribution in [0.1, 0.15) is 24.8 Å². The Morgan fingerprint density at radius 2 is 2.30 bits per heavy atom. The molecular formula is C16H17N3O2S2. The quantitative estimate of drug-likeness (QED) is 0.907. The Labute approximate surface area is 142 Å². The van der Waals surface area contributed by atoms with Crippen LogP contribution < -0.4 is 5.32 Å². The number of carbonyl (C=O) groups is 2. The van der Waals surface area contributed by atoms with Gasteiger partial charge in [0.05, 0.1) is 20.1 Å². The van der Waals surface area contributed by atoms with Crippen LogP contribution in [0, 0.1) is 6.92 Å². The molecule has 7 heteroatoms. The molecule has 0 aliphatic carbocycles. The number of carbonyl (C=O) groups excluding carboxylic acids is 2. The van der Waals surface area contributed by atoms with Crippen molar-refractivity contribution in [2.24, 2.45) is 0 Å². The van der Waals surface area contributed by atoms with E-state index in [-0.39, 0.29) is 22.7 Å². The van der Waals surface area contributed by atoms with Crippen LogP contribution in [0.5, 0.6) is 0 Å². The van der Waals surface area contributed by atoms with Gasteiger partial charge >= 0.3 is 0 Å². The van der Waals surface area contributed by atoms with E-state index in [2.05, 4.69) is 17.2 Å². The van der Waals surface area contributed by atoms with Crippen LogP contribution in [0.2, 0.25) is 0 Å². The fourth-order valence-corrected chi connectivity index (χ4v) is 5.66. The number of anilines is 1. The summed E-state index contributed by atoms with van der Waals surface area (Å²) in [7, 11) is 0. The molecule has 1 N–H and O–H groups in total. The Kier molecular flexibility index (Phi) is 3.39. The standard InChI is InChI=1S/C16H17N3O2S2/c1-9-17-11-4-3-10(7-13(11)23-9)18-15(21)12-8-22-16(2)6-5-14(20)19(12)16/h3-4,7,12H,5-6,8H2,1-2H3,(H,18,21)/t12-,16-/m0/s1. The molecule has 120 valence electrons. The van der Waals surface area contributed by atoms with E-state index in [1.807, 2.05) is 25.1 Å². The highest BCUT2D eigenvalue weighted by molar-refractivity contribution is 8.01. The highest BCUT2D eigenvalue weighted by Gasteiger charge is 2.52. The van der Waals surface area contributed by atoms with Gasteiger partial charge in [0.1, 0.15) is 6.04 Å². The molecule has 2 saturated heterocycles. The van der Waals surface area contributed by atoms with Crippen molar-refractivity contribution in [1.29, 1.82) is 0 Å². The fraction of sp³-hybridized carbons (Fsp3) is 0.438. The Balaban J connectivity index is 1.56. The van der Waals surface area contributed by atoms with Gasteiger partial charge in [-0.2, -0.15) is 0 Å². The lowest BCUT2D eigenvalue weighted by molar-refractivity contribution is -0.135. The van der Waals surface area contributed by atoms with Crippen molar-refractivity contribution in [3.63, 3.8) is 0 Å². The zero-order valence-electron chi connectivity index (χ0n) is 13.0. The number of aromatic nitrogens is 1. The first-order chi connectivity index (χ1) is 11.0. The molecule has 2 amide bonds. The van der Waals surface area contributed by atoms with E-state index in [1.54, 1.807) is 28.0 Å². The van der Waals surface area contributed by atoms with Crippen molar-refractivity contribution >= 4 is 50.8 Å². The molecule has 3 heterocycles. The summed E-state index contributed by atoms with van der Waals surface area (Å²) in [6.45, 7) is 4.03. The first kappa shape index (κ1) is 15.0. The van der Waals surface area contributed by atoms with E-state index in [1.165, 1.54) is 0 Å². The van der Waals surface area contributed by atoms with Crippen molar-refractivity contribution in [3.8, 4) is 0 Å². The van der Waals surface area contributed by atoms with E-state index in [4.69, 9.17) is 0 Å². The monoisotopic (exact) mass is 347 g/mol. The van der Waals surface area contributed by atoms with Gasteiger partial charge in [-0.3, -0.25) is 9.59 Å². The summed E-state index contributed by atoms with van der Waals surface area (Å²) in [6, 6.07) is 5.36. The molecule has 2 aromatic rings. The van der Waals surface area contributed by atoms with Crippen molar-refractivity contribution in [2.45, 2.75) is 37.6 Å². The number of hydrogen-bond acceptors (Lipinski definition) is 5. The van der Waals surface area contributed by atoms with Gasteiger partial charge in [0.15, 0.2) is 0 Å². The van der Waals surface area contributed by atoms with Crippen molar-refractivity contribution < 1.29 is 9.59 Å². The smallest absolute Gasteiger partial charge is 0.248 e. The minimum absolute atomic E-state index is 0.0891. The number of nitrogens with one attached hydrogen (secondary N) is 1. The predicted molar refractivity (Wildman–Crippen MR) is 93.7 cm³/mol. The highest BCUT2D eigenvalue weighted by atomic mass is 32.2. The molecule has 0 saturated carbocycles. The largest absolute Gasteiger partial charge is 0.324 e. The number of benzene rings is 1. The third-order valence-electron chi connectivity index (χ3n) is 4.51. The second-order valence-electron chi connectivity index (χ2n) is 6.17. The topological polar surface area (TPSA) is 62.3 Å². The van der Waals surface area contributed by atoms with E-state index in [0.717, 1.165) is 27.3 Å². The van der Waals surface area contributed by atoms with Crippen molar-refractivity contribution in [1.82, 2.24) is 9.88 Å². The Morgan fingerprint density at radius 1 is 1.48 bits per heavy atom. The molecule has 2 aliphatic rings. The van der Waals surface area contributed by atoms with Crippen LogP contribution in [0.15, 0.2) is 18.2 Å². The van der Waals surface area contributed by atoms with Gasteiger partial charge in [-0.1, -0.05) is 0 Å². The number of nitrogens with zero attached hydrogens (tertiary/aromatic N) is 2. The summed E-state index contributed by atoms with van der Waals surface area (Å²) in [5.41, 5.74) is 1.71. The molecule has 0 bridgehead atoms. The van der Waals surface area contributed by atoms with E-state index in [0.29, 0.717) is 12.2 Å². The molecule has 0 unspecified atom stereocenters. The minimum atomic E-state index is -0.376. The van der Waals surface area contributed by atoms with Gasteiger partial charge in [0, 0.05) is 17.9 Å². The summed E-state index contributed by atoms with van der Waals surface area (Å²) >= 11 is 3.32. The zero-order chi connectivity index (χ0) is 16.2. The SMILES string of the molecule is Cc1nc2ccc(NC(=O)[C@@H]3CS[C@@]4(C)CCC(=O)N34)cc2s1. The van der Waals surface area contributed by atoms with Gasteiger partial charge in [-0.15, -0.1) is 23.1 Å². The van der Waals surface area contributed by atoms with Crippen LogP contribution in [-0.4, -0.2) is 38.4 Å². The Bertz CT molecular complexity index is 819. The second-order valence-corrected chi connectivity index (χ2v) is 8.91. The molecule has 2 fully saturated rings. The van der Waals surface area contributed by atoms with Crippen LogP contribution in [0.25, 0.3) is 10.2 Å². The number of hydrogen-bond donors (Lipinski definition) is 1. The molecule has 0 spiro atoms. The van der Waals surface area contributed by atoms with Gasteiger partial charge < -0.3 is 10.2 Å². The molecule has 23 heavy (non-hydrogen) atoms. The number of thioether (sulfide) groups is 1. The summed E-state index contributed by atoms with van der Waals surface area (Å²) in [5, 5.41) is 3.98. The van der Waals surface area contributed by atoms with Gasteiger partial charge in [-0.05, 0) is 38.5 Å². The van der Waals surface area contributed by atoms with Gasteiger partial charge in [0.25, 0.3) is 0 Å². The third-order valence-corrected chi connectivity index (χ3v) is 6.95. The molecule has 5 nitrogen and oxygen atoms in total. The number of aryl methyl sites for hydroxylation is 1. The molecule has 2 aliphatic heterocycles. The van der Waals surface area contributed by atoms with E-state index < -0.39 is 0 Å². The normalized spacial score (nSPS) is 26.8. The van der Waals surface area contributed by atoms with E-state index in [9.17, 15) is 9.59 Å². The number of thiazole rings is 1. The molecular weight excluding hydrogens is 330 g/mol. The lowest BCUT2D eigenvalue weighted by Crippen LogP contribution is -2.48. The average Bonchev–Trinajstić information content (AvgIpc) is 3.12. The van der Waals surface area contributed by atoms with Crippen molar-refractivity contribution in [2.75, 3.05) is 11.1 Å². The molecule has 2 atom stereocenters. The van der Waals surface area contributed by atoms with Gasteiger partial charge in [0.2, 0.25) is 11.8 Å². The van der Waals surface area contributed by atoms with Crippen LogP contribution in [0.3, 0.4) is 0 Å². The summed E-state index contributed by atoms with van der Waals surface area (Å²) in [5.74, 6) is 0.652. The average molecular weight is 347 g/mol. The lowest BCUT2D eigenvalue weighted by atomic mass is 10.2. The minimum Gasteiger partial charge on any atom is -0.324 e. The molecule has 1 aromatic carbocycles. The number of rotatable bonds is 2. The lowest BCUT2D eigenvalue weighted by Gasteiger charge is -2.29. The Hall–Kier alpha value is -1.60. The molecule has 1 aromatic heterocycles. The number of fused-ring (bicyclic) bond motifs is 2. The maximum atomic E-state index is 12.7. The van der Waals surface area contributed by atoms with Gasteiger partial charge in [-0.25, -0.2) is 4.98 Å². The van der Waals surface area contributed by atoms with E-state index >= 15 is 0 Å². The summed E-state index contributed by atoms with van der Waals surface area (Å²) < 4.78 is 1.06.